The van der Waals surface area contributed by atoms with Crippen molar-refractivity contribution in [2.75, 3.05) is 12.8 Å². The summed E-state index contributed by atoms with van der Waals surface area (Å²) < 4.78 is 0. The summed E-state index contributed by atoms with van der Waals surface area (Å²) in [4.78, 5) is 14.1. The molecule has 0 aliphatic carbocycles. The number of thioether (sulfide) groups is 1. The summed E-state index contributed by atoms with van der Waals surface area (Å²) in [5.74, 6) is -0.768. The van der Waals surface area contributed by atoms with Crippen molar-refractivity contribution >= 4 is 17.7 Å². The van der Waals surface area contributed by atoms with E-state index in [1.807, 2.05) is 11.2 Å². The first-order valence-corrected chi connectivity index (χ1v) is 7.38. The van der Waals surface area contributed by atoms with E-state index in [-0.39, 0.29) is 12.6 Å². The molecule has 1 N–H and O–H groups in total. The molecule has 0 saturated heterocycles. The second-order valence-electron chi connectivity index (χ2n) is 4.40. The van der Waals surface area contributed by atoms with Crippen molar-refractivity contribution in [2.24, 2.45) is 0 Å². The van der Waals surface area contributed by atoms with Crippen molar-refractivity contribution in [2.45, 2.75) is 37.8 Å². The third-order valence-corrected chi connectivity index (χ3v) is 3.84. The maximum atomic E-state index is 10.9. The van der Waals surface area contributed by atoms with Gasteiger partial charge in [-0.2, -0.15) is 0 Å². The Kier molecular flexibility index (Phi) is 6.22. The van der Waals surface area contributed by atoms with E-state index in [0.29, 0.717) is 6.54 Å². The average molecular weight is 267 g/mol. The van der Waals surface area contributed by atoms with Crippen molar-refractivity contribution in [3.8, 4) is 0 Å². The van der Waals surface area contributed by atoms with Gasteiger partial charge in [-0.25, -0.2) is 0 Å². The molecule has 100 valence electrons. The van der Waals surface area contributed by atoms with Crippen molar-refractivity contribution in [3.63, 3.8) is 0 Å². The highest BCUT2D eigenvalue weighted by molar-refractivity contribution is 7.98. The summed E-state index contributed by atoms with van der Waals surface area (Å²) in [6, 6.07) is 8.58. The number of hydrogen-bond acceptors (Lipinski definition) is 3. The first kappa shape index (κ1) is 15.1. The van der Waals surface area contributed by atoms with Gasteiger partial charge in [0.15, 0.2) is 0 Å². The number of hydrogen-bond donors (Lipinski definition) is 1. The third-order valence-electron chi connectivity index (χ3n) is 3.10. The van der Waals surface area contributed by atoms with E-state index in [2.05, 4.69) is 38.1 Å². The van der Waals surface area contributed by atoms with Crippen LogP contribution < -0.4 is 0 Å². The molecule has 0 spiro atoms. The summed E-state index contributed by atoms with van der Waals surface area (Å²) >= 11 is 1.71. The summed E-state index contributed by atoms with van der Waals surface area (Å²) in [6.45, 7) is 4.94. The van der Waals surface area contributed by atoms with E-state index < -0.39 is 5.97 Å². The van der Waals surface area contributed by atoms with Crippen LogP contribution >= 0.6 is 11.8 Å². The SMILES string of the molecule is CCC(C)N(CC(=O)O)Cc1ccc(SC)cc1. The van der Waals surface area contributed by atoms with Crippen molar-refractivity contribution < 1.29 is 9.90 Å². The Morgan fingerprint density at radius 2 is 2.00 bits per heavy atom. The molecule has 1 aromatic carbocycles. The quantitative estimate of drug-likeness (QED) is 0.771. The Labute approximate surface area is 113 Å². The zero-order valence-corrected chi connectivity index (χ0v) is 12.0. The number of aliphatic carboxylic acids is 1. The fourth-order valence-corrected chi connectivity index (χ4v) is 2.17. The van der Waals surface area contributed by atoms with E-state index in [4.69, 9.17) is 5.11 Å². The Bertz CT molecular complexity index is 378. The molecule has 0 aliphatic heterocycles. The van der Waals surface area contributed by atoms with E-state index in [0.717, 1.165) is 12.0 Å². The largest absolute Gasteiger partial charge is 0.480 e. The molecule has 0 heterocycles. The van der Waals surface area contributed by atoms with Crippen LogP contribution in [0.15, 0.2) is 29.2 Å². The predicted octanol–water partition coefficient (Wildman–Crippen LogP) is 3.09. The van der Waals surface area contributed by atoms with Crippen LogP contribution in [-0.4, -0.2) is 34.8 Å². The van der Waals surface area contributed by atoms with E-state index in [1.54, 1.807) is 11.8 Å². The van der Waals surface area contributed by atoms with Crippen LogP contribution in [0.2, 0.25) is 0 Å². The maximum Gasteiger partial charge on any atom is 0.317 e. The minimum absolute atomic E-state index is 0.0965. The fourth-order valence-electron chi connectivity index (χ4n) is 1.76. The normalized spacial score (nSPS) is 12.7. The number of benzene rings is 1. The molecular formula is C14H21NO2S. The number of carboxylic acid groups (broad SMARTS) is 1. The van der Waals surface area contributed by atoms with Crippen LogP contribution in [0.3, 0.4) is 0 Å². The number of carbonyl (C=O) groups is 1. The lowest BCUT2D eigenvalue weighted by Gasteiger charge is -2.26. The van der Waals surface area contributed by atoms with Gasteiger partial charge >= 0.3 is 5.97 Å². The lowest BCUT2D eigenvalue weighted by Crippen LogP contribution is -2.36. The molecule has 1 aromatic rings. The highest BCUT2D eigenvalue weighted by Gasteiger charge is 2.15. The van der Waals surface area contributed by atoms with Gasteiger partial charge in [-0.15, -0.1) is 11.8 Å². The summed E-state index contributed by atoms with van der Waals surface area (Å²) in [6.07, 6.45) is 3.00. The first-order chi connectivity index (χ1) is 8.56. The molecule has 1 unspecified atom stereocenters. The second-order valence-corrected chi connectivity index (χ2v) is 5.28. The Morgan fingerprint density at radius 1 is 1.39 bits per heavy atom. The van der Waals surface area contributed by atoms with Gasteiger partial charge in [-0.3, -0.25) is 9.69 Å². The molecular weight excluding hydrogens is 246 g/mol. The third kappa shape index (κ3) is 4.70. The monoisotopic (exact) mass is 267 g/mol. The number of rotatable bonds is 7. The lowest BCUT2D eigenvalue weighted by molar-refractivity contribution is -0.139. The maximum absolute atomic E-state index is 10.9. The highest BCUT2D eigenvalue weighted by atomic mass is 32.2. The zero-order chi connectivity index (χ0) is 13.5. The van der Waals surface area contributed by atoms with Crippen molar-refractivity contribution in [1.29, 1.82) is 0 Å². The molecule has 1 atom stereocenters. The van der Waals surface area contributed by atoms with Gasteiger partial charge in [0, 0.05) is 17.5 Å². The zero-order valence-electron chi connectivity index (χ0n) is 11.2. The molecule has 0 aromatic heterocycles. The van der Waals surface area contributed by atoms with E-state index in [9.17, 15) is 4.79 Å². The van der Waals surface area contributed by atoms with Gasteiger partial charge in [0.05, 0.1) is 6.54 Å². The summed E-state index contributed by atoms with van der Waals surface area (Å²) in [5, 5.41) is 8.94. The predicted molar refractivity (Wildman–Crippen MR) is 76.0 cm³/mol. The van der Waals surface area contributed by atoms with E-state index >= 15 is 0 Å². The smallest absolute Gasteiger partial charge is 0.317 e. The Morgan fingerprint density at radius 3 is 2.44 bits per heavy atom. The topological polar surface area (TPSA) is 40.5 Å². The molecule has 0 saturated carbocycles. The van der Waals surface area contributed by atoms with Gasteiger partial charge in [-0.1, -0.05) is 19.1 Å². The van der Waals surface area contributed by atoms with Gasteiger partial charge in [0.2, 0.25) is 0 Å². The summed E-state index contributed by atoms with van der Waals surface area (Å²) in [7, 11) is 0. The van der Waals surface area contributed by atoms with Crippen LogP contribution in [0.5, 0.6) is 0 Å². The minimum Gasteiger partial charge on any atom is -0.480 e. The molecule has 0 amide bonds. The second kappa shape index (κ2) is 7.44. The molecule has 1 rings (SSSR count). The van der Waals surface area contributed by atoms with Crippen LogP contribution in [0.25, 0.3) is 0 Å². The molecule has 0 fully saturated rings. The Balaban J connectivity index is 2.71. The van der Waals surface area contributed by atoms with Gasteiger partial charge < -0.3 is 5.11 Å². The van der Waals surface area contributed by atoms with Gasteiger partial charge in [0.1, 0.15) is 0 Å². The minimum atomic E-state index is -0.768. The molecule has 18 heavy (non-hydrogen) atoms. The van der Waals surface area contributed by atoms with Gasteiger partial charge in [0.25, 0.3) is 0 Å². The van der Waals surface area contributed by atoms with Crippen LogP contribution in [0.1, 0.15) is 25.8 Å². The highest BCUT2D eigenvalue weighted by Crippen LogP contribution is 2.17. The molecule has 0 radical (unpaired) electrons. The fraction of sp³-hybridized carbons (Fsp3) is 0.500. The average Bonchev–Trinajstić information content (AvgIpc) is 2.37. The van der Waals surface area contributed by atoms with Crippen LogP contribution in [0.4, 0.5) is 0 Å². The molecule has 3 nitrogen and oxygen atoms in total. The van der Waals surface area contributed by atoms with E-state index in [1.165, 1.54) is 4.90 Å². The number of nitrogens with zero attached hydrogens (tertiary/aromatic N) is 1. The molecule has 0 bridgehead atoms. The lowest BCUT2D eigenvalue weighted by atomic mass is 10.1. The molecule has 4 heteroatoms. The van der Waals surface area contributed by atoms with Crippen molar-refractivity contribution in [1.82, 2.24) is 4.90 Å². The van der Waals surface area contributed by atoms with Crippen LogP contribution in [0, 0.1) is 0 Å². The van der Waals surface area contributed by atoms with Crippen molar-refractivity contribution in [3.05, 3.63) is 29.8 Å². The molecule has 0 aliphatic rings. The van der Waals surface area contributed by atoms with Crippen LogP contribution in [-0.2, 0) is 11.3 Å². The number of carboxylic acids is 1. The van der Waals surface area contributed by atoms with Gasteiger partial charge in [-0.05, 0) is 37.3 Å². The standard InChI is InChI=1S/C14H21NO2S/c1-4-11(2)15(10-14(16)17)9-12-5-7-13(18-3)8-6-12/h5-8,11H,4,9-10H2,1-3H3,(H,16,17). The Hall–Kier alpha value is -1.00. The first-order valence-electron chi connectivity index (χ1n) is 6.15. The summed E-state index contributed by atoms with van der Waals surface area (Å²) in [5.41, 5.74) is 1.16.